The minimum absolute atomic E-state index is 0.673. The van der Waals surface area contributed by atoms with Gasteiger partial charge >= 0.3 is 0 Å². The van der Waals surface area contributed by atoms with Gasteiger partial charge < -0.3 is 20.1 Å². The molecule has 0 saturated carbocycles. The van der Waals surface area contributed by atoms with Gasteiger partial charge in [-0.2, -0.15) is 0 Å². The number of guanidine groups is 1. The predicted molar refractivity (Wildman–Crippen MR) is 98.8 cm³/mol. The number of nitrogens with zero attached hydrogens (tertiary/aromatic N) is 2. The van der Waals surface area contributed by atoms with Crippen molar-refractivity contribution in [2.75, 3.05) is 40.0 Å². The zero-order valence-corrected chi connectivity index (χ0v) is 15.9. The van der Waals surface area contributed by atoms with Crippen LogP contribution in [0.1, 0.15) is 34.8 Å². The summed E-state index contributed by atoms with van der Waals surface area (Å²) in [5, 5.41) is 7.77. The Morgan fingerprint density at radius 1 is 1.33 bits per heavy atom. The molecule has 1 fully saturated rings. The van der Waals surface area contributed by atoms with E-state index >= 15 is 0 Å². The average Bonchev–Trinajstić information content (AvgIpc) is 2.92. The van der Waals surface area contributed by atoms with E-state index in [1.54, 1.807) is 18.4 Å². The molecule has 0 atom stereocenters. The maximum absolute atomic E-state index is 5.77. The molecule has 0 aromatic carbocycles. The Labute approximate surface area is 149 Å². The maximum Gasteiger partial charge on any atom is 0.191 e. The first-order valence-corrected chi connectivity index (χ1v) is 9.53. The van der Waals surface area contributed by atoms with Crippen LogP contribution in [-0.2, 0) is 16.0 Å². The second-order valence-electron chi connectivity index (χ2n) is 6.08. The molecular formula is C17H30N4O2S. The molecule has 2 rings (SSSR count). The number of nitrogens with one attached hydrogen (secondary N) is 2. The molecule has 1 saturated heterocycles. The number of hydrogen-bond donors (Lipinski definition) is 2. The van der Waals surface area contributed by atoms with Crippen molar-refractivity contribution in [2.45, 2.75) is 39.7 Å². The molecule has 2 N–H and O–H groups in total. The number of thiazole rings is 1. The first-order valence-electron chi connectivity index (χ1n) is 8.72. The highest BCUT2D eigenvalue weighted by atomic mass is 32.1. The van der Waals surface area contributed by atoms with Gasteiger partial charge in [-0.25, -0.2) is 4.98 Å². The molecule has 0 spiro atoms. The Hall–Kier alpha value is -1.18. The van der Waals surface area contributed by atoms with Crippen molar-refractivity contribution in [3.63, 3.8) is 0 Å². The highest BCUT2D eigenvalue weighted by Gasteiger charge is 2.13. The zero-order valence-electron chi connectivity index (χ0n) is 15.1. The van der Waals surface area contributed by atoms with Crippen LogP contribution >= 0.6 is 11.3 Å². The van der Waals surface area contributed by atoms with Crippen molar-refractivity contribution < 1.29 is 9.47 Å². The summed E-state index contributed by atoms with van der Waals surface area (Å²) in [5.41, 5.74) is 1.10. The number of aliphatic imine (C=N–C) groups is 1. The van der Waals surface area contributed by atoms with Crippen LogP contribution in [0.15, 0.2) is 4.99 Å². The van der Waals surface area contributed by atoms with Gasteiger partial charge in [-0.3, -0.25) is 4.99 Å². The minimum Gasteiger partial charge on any atom is -0.381 e. The summed E-state index contributed by atoms with van der Waals surface area (Å²) in [6.07, 6.45) is 3.24. The first-order chi connectivity index (χ1) is 11.7. The topological polar surface area (TPSA) is 67.8 Å². The van der Waals surface area contributed by atoms with E-state index in [1.165, 1.54) is 4.88 Å². The summed E-state index contributed by atoms with van der Waals surface area (Å²) in [6, 6.07) is 0. The smallest absolute Gasteiger partial charge is 0.191 e. The van der Waals surface area contributed by atoms with Crippen LogP contribution in [0.2, 0.25) is 0 Å². The van der Waals surface area contributed by atoms with Crippen LogP contribution < -0.4 is 10.6 Å². The van der Waals surface area contributed by atoms with Crippen molar-refractivity contribution in [3.05, 3.63) is 15.6 Å². The summed E-state index contributed by atoms with van der Waals surface area (Å²) < 4.78 is 11.1. The number of hydrogen-bond acceptors (Lipinski definition) is 5. The fraction of sp³-hybridized carbons (Fsp3) is 0.765. The number of rotatable bonds is 8. The van der Waals surface area contributed by atoms with Gasteiger partial charge in [0, 0.05) is 44.9 Å². The van der Waals surface area contributed by atoms with Crippen LogP contribution in [0.4, 0.5) is 0 Å². The maximum atomic E-state index is 5.77. The fourth-order valence-electron chi connectivity index (χ4n) is 2.67. The van der Waals surface area contributed by atoms with Gasteiger partial charge in [-0.15, -0.1) is 11.3 Å². The molecule has 7 heteroatoms. The van der Waals surface area contributed by atoms with Gasteiger partial charge in [0.05, 0.1) is 17.2 Å². The molecule has 1 aliphatic heterocycles. The summed E-state index contributed by atoms with van der Waals surface area (Å²) >= 11 is 1.73. The second-order valence-corrected chi connectivity index (χ2v) is 7.37. The monoisotopic (exact) mass is 354 g/mol. The summed E-state index contributed by atoms with van der Waals surface area (Å²) in [5.74, 6) is 1.50. The van der Waals surface area contributed by atoms with E-state index in [-0.39, 0.29) is 0 Å². The van der Waals surface area contributed by atoms with Crippen molar-refractivity contribution in [3.8, 4) is 0 Å². The van der Waals surface area contributed by atoms with Crippen molar-refractivity contribution in [1.29, 1.82) is 0 Å². The lowest BCUT2D eigenvalue weighted by Crippen LogP contribution is -2.37. The molecule has 1 aromatic rings. The normalized spacial score (nSPS) is 16.4. The third-order valence-electron chi connectivity index (χ3n) is 4.09. The lowest BCUT2D eigenvalue weighted by Gasteiger charge is -2.21. The Bertz CT molecular complexity index is 513. The first kappa shape index (κ1) is 19.1. The molecule has 0 amide bonds. The average molecular weight is 355 g/mol. The summed E-state index contributed by atoms with van der Waals surface area (Å²) in [6.45, 7) is 9.12. The highest BCUT2D eigenvalue weighted by Crippen LogP contribution is 2.16. The molecule has 0 unspecified atom stereocenters. The van der Waals surface area contributed by atoms with Crippen molar-refractivity contribution >= 4 is 17.3 Å². The molecule has 0 radical (unpaired) electrons. The van der Waals surface area contributed by atoms with Crippen LogP contribution in [0.25, 0.3) is 0 Å². The lowest BCUT2D eigenvalue weighted by molar-refractivity contribution is 0.0203. The molecular weight excluding hydrogens is 324 g/mol. The largest absolute Gasteiger partial charge is 0.381 e. The summed E-state index contributed by atoms with van der Waals surface area (Å²) in [4.78, 5) is 9.96. The minimum atomic E-state index is 0.673. The van der Waals surface area contributed by atoms with Gasteiger partial charge in [0.2, 0.25) is 0 Å². The van der Waals surface area contributed by atoms with E-state index < -0.39 is 0 Å². The molecule has 0 aliphatic carbocycles. The molecule has 1 aliphatic rings. The Kier molecular flexibility index (Phi) is 8.49. The van der Waals surface area contributed by atoms with Gasteiger partial charge in [0.15, 0.2) is 5.96 Å². The molecule has 2 heterocycles. The van der Waals surface area contributed by atoms with Crippen LogP contribution in [0, 0.1) is 19.8 Å². The Morgan fingerprint density at radius 2 is 2.12 bits per heavy atom. The molecule has 0 bridgehead atoms. The number of aryl methyl sites for hydroxylation is 2. The van der Waals surface area contributed by atoms with Crippen LogP contribution in [0.3, 0.4) is 0 Å². The Balaban J connectivity index is 1.54. The molecule has 6 nitrogen and oxygen atoms in total. The second kappa shape index (κ2) is 10.6. The van der Waals surface area contributed by atoms with E-state index in [9.17, 15) is 0 Å². The highest BCUT2D eigenvalue weighted by molar-refractivity contribution is 7.11. The SMILES string of the molecule is CN=C(NCCCOCC1CCOCC1)NCc1sc(C)nc1C. The Morgan fingerprint density at radius 3 is 2.79 bits per heavy atom. The quantitative estimate of drug-likeness (QED) is 0.426. The summed E-state index contributed by atoms with van der Waals surface area (Å²) in [7, 11) is 1.79. The van der Waals surface area contributed by atoms with E-state index in [4.69, 9.17) is 9.47 Å². The van der Waals surface area contributed by atoms with E-state index in [2.05, 4.69) is 20.6 Å². The molecule has 24 heavy (non-hydrogen) atoms. The lowest BCUT2D eigenvalue weighted by atomic mass is 10.0. The molecule has 1 aromatic heterocycles. The predicted octanol–water partition coefficient (Wildman–Crippen LogP) is 2.26. The van der Waals surface area contributed by atoms with E-state index in [1.807, 2.05) is 13.8 Å². The number of ether oxygens (including phenoxy) is 2. The van der Waals surface area contributed by atoms with Crippen LogP contribution in [-0.4, -0.2) is 51.0 Å². The fourth-order valence-corrected chi connectivity index (χ4v) is 3.54. The van der Waals surface area contributed by atoms with E-state index in [0.29, 0.717) is 5.92 Å². The third kappa shape index (κ3) is 6.75. The van der Waals surface area contributed by atoms with Gasteiger partial charge in [-0.05, 0) is 39.0 Å². The van der Waals surface area contributed by atoms with Gasteiger partial charge in [0.1, 0.15) is 0 Å². The molecule has 136 valence electrons. The van der Waals surface area contributed by atoms with E-state index in [0.717, 1.165) is 75.4 Å². The number of aromatic nitrogens is 1. The van der Waals surface area contributed by atoms with Gasteiger partial charge in [-0.1, -0.05) is 0 Å². The van der Waals surface area contributed by atoms with Crippen molar-refractivity contribution in [1.82, 2.24) is 15.6 Å². The zero-order chi connectivity index (χ0) is 17.2. The van der Waals surface area contributed by atoms with Crippen molar-refractivity contribution in [2.24, 2.45) is 10.9 Å². The third-order valence-corrected chi connectivity index (χ3v) is 5.16. The standard InChI is InChI=1S/C17H30N4O2S/c1-13-16(24-14(2)21-13)11-20-17(18-3)19-7-4-8-23-12-15-5-9-22-10-6-15/h15H,4-12H2,1-3H3,(H2,18,19,20). The van der Waals surface area contributed by atoms with Gasteiger partial charge in [0.25, 0.3) is 0 Å². The van der Waals surface area contributed by atoms with Crippen LogP contribution in [0.5, 0.6) is 0 Å².